The van der Waals surface area contributed by atoms with Crippen LogP contribution in [0.3, 0.4) is 0 Å². The fourth-order valence-electron chi connectivity index (χ4n) is 2.26. The van der Waals surface area contributed by atoms with Crippen LogP contribution in [-0.4, -0.2) is 63.4 Å². The van der Waals surface area contributed by atoms with Gasteiger partial charge in [-0.2, -0.15) is 5.10 Å². The number of carbonyl (C=O) groups is 1. The number of hydrogen-bond acceptors (Lipinski definition) is 4. The number of hydrogen-bond donors (Lipinski definition) is 1. The lowest BCUT2D eigenvalue weighted by Crippen LogP contribution is -2.53. The van der Waals surface area contributed by atoms with E-state index in [-0.39, 0.29) is 30.1 Å². The Hall–Kier alpha value is -1.52. The average molecular weight is 450 g/mol. The fraction of sp³-hybridized carbons (Fsp3) is 0.667. The minimum Gasteiger partial charge on any atom is -0.444 e. The van der Waals surface area contributed by atoms with Crippen molar-refractivity contribution in [3.63, 3.8) is 0 Å². The minimum atomic E-state index is -0.474. The van der Waals surface area contributed by atoms with Crippen molar-refractivity contribution in [1.29, 1.82) is 0 Å². The van der Waals surface area contributed by atoms with Crippen LogP contribution < -0.4 is 5.73 Å². The normalized spacial score (nSPS) is 15.9. The number of aromatic nitrogens is 2. The monoisotopic (exact) mass is 450 g/mol. The van der Waals surface area contributed by atoms with Gasteiger partial charge >= 0.3 is 6.09 Å². The maximum Gasteiger partial charge on any atom is 0.410 e. The van der Waals surface area contributed by atoms with Gasteiger partial charge in [0.2, 0.25) is 0 Å². The summed E-state index contributed by atoms with van der Waals surface area (Å²) >= 11 is 0. The number of ether oxygens (including phenoxy) is 1. The predicted molar refractivity (Wildman–Crippen MR) is 103 cm³/mol. The number of nitrogens with two attached hydrogens (primary N) is 1. The van der Waals surface area contributed by atoms with Gasteiger partial charge in [-0.25, -0.2) is 9.79 Å². The number of amides is 1. The zero-order chi connectivity index (χ0) is 17.0. The molecule has 8 nitrogen and oxygen atoms in total. The molecule has 2 N–H and O–H groups in total. The van der Waals surface area contributed by atoms with Crippen molar-refractivity contribution >= 4 is 36.0 Å². The Balaban J connectivity index is 0.00000288. The molecule has 136 valence electrons. The van der Waals surface area contributed by atoms with Crippen LogP contribution in [0.1, 0.15) is 26.5 Å². The third kappa shape index (κ3) is 5.84. The van der Waals surface area contributed by atoms with Crippen molar-refractivity contribution < 1.29 is 9.53 Å². The molecule has 24 heavy (non-hydrogen) atoms. The standard InChI is InChI=1S/C15H26N6O2.HI/c1-15(2,3)23-14(22)21-9-7-20(8-10-21)13(16)17-11-12-5-6-18-19(12)4;/h5-6H,7-11H2,1-4H3,(H2,16,17);1H. The number of piperazine rings is 1. The van der Waals surface area contributed by atoms with Gasteiger partial charge in [0.25, 0.3) is 0 Å². The Morgan fingerprint density at radius 3 is 2.38 bits per heavy atom. The fourth-order valence-corrected chi connectivity index (χ4v) is 2.26. The molecule has 2 heterocycles. The summed E-state index contributed by atoms with van der Waals surface area (Å²) < 4.78 is 7.15. The molecule has 0 atom stereocenters. The smallest absolute Gasteiger partial charge is 0.410 e. The highest BCUT2D eigenvalue weighted by molar-refractivity contribution is 14.0. The highest BCUT2D eigenvalue weighted by Gasteiger charge is 2.26. The molecule has 1 amide bonds. The molecule has 1 aliphatic rings. The SMILES string of the molecule is Cn1nccc1CN=C(N)N1CCN(C(=O)OC(C)(C)C)CC1.I. The number of halogens is 1. The maximum absolute atomic E-state index is 12.0. The Morgan fingerprint density at radius 1 is 1.29 bits per heavy atom. The van der Waals surface area contributed by atoms with Gasteiger partial charge in [0.05, 0.1) is 12.2 Å². The van der Waals surface area contributed by atoms with Crippen molar-refractivity contribution in [2.45, 2.75) is 32.9 Å². The molecule has 0 bridgehead atoms. The summed E-state index contributed by atoms with van der Waals surface area (Å²) in [4.78, 5) is 20.1. The first kappa shape index (κ1) is 20.5. The predicted octanol–water partition coefficient (Wildman–Crippen LogP) is 1.41. The second-order valence-corrected chi connectivity index (χ2v) is 6.58. The van der Waals surface area contributed by atoms with Crippen molar-refractivity contribution in [2.24, 2.45) is 17.8 Å². The first-order chi connectivity index (χ1) is 10.8. The topological polar surface area (TPSA) is 89.0 Å². The van der Waals surface area contributed by atoms with E-state index in [4.69, 9.17) is 10.5 Å². The van der Waals surface area contributed by atoms with Crippen molar-refractivity contribution in [3.05, 3.63) is 18.0 Å². The Labute approximate surface area is 160 Å². The van der Waals surface area contributed by atoms with E-state index in [1.54, 1.807) is 15.8 Å². The molecule has 0 unspecified atom stereocenters. The molecule has 0 aliphatic carbocycles. The number of nitrogens with zero attached hydrogens (tertiary/aromatic N) is 5. The molecule has 1 aromatic rings. The number of aryl methyl sites for hydroxylation is 1. The van der Waals surface area contributed by atoms with E-state index in [1.165, 1.54) is 0 Å². The Bertz CT molecular complexity index is 573. The van der Waals surface area contributed by atoms with Gasteiger partial charge in [0.1, 0.15) is 5.60 Å². The van der Waals surface area contributed by atoms with Crippen LogP contribution in [0.15, 0.2) is 17.3 Å². The molecule has 0 aromatic carbocycles. The molecule has 2 rings (SSSR count). The summed E-state index contributed by atoms with van der Waals surface area (Å²) in [5, 5.41) is 4.10. The summed E-state index contributed by atoms with van der Waals surface area (Å²) in [6, 6.07) is 1.91. The first-order valence-electron chi connectivity index (χ1n) is 7.76. The van der Waals surface area contributed by atoms with E-state index >= 15 is 0 Å². The highest BCUT2D eigenvalue weighted by atomic mass is 127. The second-order valence-electron chi connectivity index (χ2n) is 6.58. The van der Waals surface area contributed by atoms with Gasteiger partial charge in [-0.3, -0.25) is 4.68 Å². The van der Waals surface area contributed by atoms with Gasteiger partial charge in [0.15, 0.2) is 5.96 Å². The molecule has 1 aromatic heterocycles. The molecular weight excluding hydrogens is 423 g/mol. The molecule has 1 aliphatic heterocycles. The van der Waals surface area contributed by atoms with E-state index in [2.05, 4.69) is 10.1 Å². The summed E-state index contributed by atoms with van der Waals surface area (Å²) in [5.41, 5.74) is 6.58. The lowest BCUT2D eigenvalue weighted by molar-refractivity contribution is 0.0186. The van der Waals surface area contributed by atoms with Gasteiger partial charge in [-0.1, -0.05) is 0 Å². The Kier molecular flexibility index (Phi) is 7.30. The van der Waals surface area contributed by atoms with Crippen LogP contribution in [0.25, 0.3) is 0 Å². The van der Waals surface area contributed by atoms with E-state index in [0.717, 1.165) is 5.69 Å². The van der Waals surface area contributed by atoms with Crippen molar-refractivity contribution in [2.75, 3.05) is 26.2 Å². The first-order valence-corrected chi connectivity index (χ1v) is 7.76. The summed E-state index contributed by atoms with van der Waals surface area (Å²) in [6.07, 6.45) is 1.46. The quantitative estimate of drug-likeness (QED) is 0.418. The van der Waals surface area contributed by atoms with E-state index in [9.17, 15) is 4.79 Å². The van der Waals surface area contributed by atoms with Gasteiger partial charge in [0, 0.05) is 39.4 Å². The molecule has 1 saturated heterocycles. The third-order valence-electron chi connectivity index (χ3n) is 3.58. The average Bonchev–Trinajstić information content (AvgIpc) is 2.88. The van der Waals surface area contributed by atoms with Gasteiger partial charge in [-0.15, -0.1) is 24.0 Å². The molecule has 0 spiro atoms. The van der Waals surface area contributed by atoms with Crippen LogP contribution >= 0.6 is 24.0 Å². The third-order valence-corrected chi connectivity index (χ3v) is 3.58. The van der Waals surface area contributed by atoms with Crippen LogP contribution in [0.5, 0.6) is 0 Å². The highest BCUT2D eigenvalue weighted by Crippen LogP contribution is 2.12. The van der Waals surface area contributed by atoms with E-state index in [0.29, 0.717) is 38.7 Å². The largest absolute Gasteiger partial charge is 0.444 e. The van der Waals surface area contributed by atoms with Gasteiger partial charge in [-0.05, 0) is 26.8 Å². The molecule has 0 saturated carbocycles. The summed E-state index contributed by atoms with van der Waals surface area (Å²) in [7, 11) is 1.88. The van der Waals surface area contributed by atoms with Crippen LogP contribution in [0, 0.1) is 0 Å². The summed E-state index contributed by atoms with van der Waals surface area (Å²) in [5.74, 6) is 0.495. The molecule has 0 radical (unpaired) electrons. The van der Waals surface area contributed by atoms with Crippen LogP contribution in [0.4, 0.5) is 4.79 Å². The molecular formula is C15H27IN6O2. The number of rotatable bonds is 2. The Morgan fingerprint density at radius 2 is 1.88 bits per heavy atom. The summed E-state index contributed by atoms with van der Waals surface area (Å²) in [6.45, 7) is 8.56. The van der Waals surface area contributed by atoms with E-state index in [1.807, 2.05) is 38.8 Å². The molecule has 1 fully saturated rings. The van der Waals surface area contributed by atoms with Crippen molar-refractivity contribution in [3.8, 4) is 0 Å². The lowest BCUT2D eigenvalue weighted by Gasteiger charge is -2.36. The zero-order valence-electron chi connectivity index (χ0n) is 14.7. The van der Waals surface area contributed by atoms with Gasteiger partial charge < -0.3 is 20.3 Å². The number of carbonyl (C=O) groups excluding carboxylic acids is 1. The van der Waals surface area contributed by atoms with Crippen molar-refractivity contribution in [1.82, 2.24) is 19.6 Å². The number of guanidine groups is 1. The zero-order valence-corrected chi connectivity index (χ0v) is 17.1. The van der Waals surface area contributed by atoms with E-state index < -0.39 is 5.60 Å². The number of aliphatic imine (C=N–C) groups is 1. The van der Waals surface area contributed by atoms with Crippen LogP contribution in [-0.2, 0) is 18.3 Å². The minimum absolute atomic E-state index is 0. The lowest BCUT2D eigenvalue weighted by atomic mass is 10.2. The second kappa shape index (κ2) is 8.54. The maximum atomic E-state index is 12.0. The molecule has 9 heteroatoms. The van der Waals surface area contributed by atoms with Crippen LogP contribution in [0.2, 0.25) is 0 Å².